The van der Waals surface area contributed by atoms with Gasteiger partial charge >= 0.3 is 0 Å². The number of sulfone groups is 1. The summed E-state index contributed by atoms with van der Waals surface area (Å²) in [5.74, 6) is 0. The molecule has 1 N–H and O–H groups in total. The number of rotatable bonds is 10. The van der Waals surface area contributed by atoms with Crippen LogP contribution >= 0.6 is 0 Å². The van der Waals surface area contributed by atoms with Crippen LogP contribution in [0.15, 0.2) is 0 Å². The minimum absolute atomic E-state index is 0.108. The Bertz CT molecular complexity index is 275. The van der Waals surface area contributed by atoms with Crippen molar-refractivity contribution < 1.29 is 8.42 Å². The SMILES string of the molecule is CCCCCCCC(NCC)C(C)S(C)(=O)=O. The Morgan fingerprint density at radius 3 is 2.12 bits per heavy atom. The van der Waals surface area contributed by atoms with Crippen LogP contribution in [0.3, 0.4) is 0 Å². The first-order valence-corrected chi connectivity index (χ1v) is 8.81. The molecule has 0 radical (unpaired) electrons. The molecule has 4 heteroatoms. The van der Waals surface area contributed by atoms with Crippen molar-refractivity contribution in [2.75, 3.05) is 12.8 Å². The molecule has 3 nitrogen and oxygen atoms in total. The first-order chi connectivity index (χ1) is 7.93. The molecule has 0 aromatic carbocycles. The van der Waals surface area contributed by atoms with Crippen LogP contribution in [0.5, 0.6) is 0 Å². The monoisotopic (exact) mass is 263 g/mol. The molecular formula is C13H29NO2S. The van der Waals surface area contributed by atoms with Gasteiger partial charge in [-0.2, -0.15) is 0 Å². The van der Waals surface area contributed by atoms with E-state index < -0.39 is 9.84 Å². The summed E-state index contributed by atoms with van der Waals surface area (Å²) in [6.45, 7) is 6.88. The molecule has 0 rings (SSSR count). The zero-order valence-corrected chi connectivity index (χ0v) is 12.6. The Hall–Kier alpha value is -0.0900. The third-order valence-electron chi connectivity index (χ3n) is 3.33. The molecule has 0 aromatic heterocycles. The molecule has 0 aliphatic heterocycles. The Morgan fingerprint density at radius 2 is 1.65 bits per heavy atom. The van der Waals surface area contributed by atoms with Crippen LogP contribution in [0.2, 0.25) is 0 Å². The molecule has 0 bridgehead atoms. The zero-order valence-electron chi connectivity index (χ0n) is 11.8. The predicted molar refractivity (Wildman–Crippen MR) is 75.1 cm³/mol. The number of hydrogen-bond acceptors (Lipinski definition) is 3. The fourth-order valence-electron chi connectivity index (χ4n) is 2.03. The third kappa shape index (κ3) is 7.77. The average Bonchev–Trinajstić information content (AvgIpc) is 2.25. The summed E-state index contributed by atoms with van der Waals surface area (Å²) in [6.07, 6.45) is 8.43. The van der Waals surface area contributed by atoms with E-state index in [9.17, 15) is 8.42 Å². The second-order valence-corrected chi connectivity index (χ2v) is 7.30. The van der Waals surface area contributed by atoms with Crippen LogP contribution in [-0.2, 0) is 9.84 Å². The van der Waals surface area contributed by atoms with Crippen molar-refractivity contribution in [2.24, 2.45) is 0 Å². The van der Waals surface area contributed by atoms with Crippen molar-refractivity contribution in [1.82, 2.24) is 5.32 Å². The van der Waals surface area contributed by atoms with Gasteiger partial charge < -0.3 is 5.32 Å². The normalized spacial score (nSPS) is 15.8. The van der Waals surface area contributed by atoms with Crippen LogP contribution in [0.4, 0.5) is 0 Å². The Morgan fingerprint density at radius 1 is 1.06 bits per heavy atom. The minimum atomic E-state index is -2.93. The highest BCUT2D eigenvalue weighted by Gasteiger charge is 2.24. The van der Waals surface area contributed by atoms with E-state index in [-0.39, 0.29) is 11.3 Å². The molecule has 0 saturated heterocycles. The molecular weight excluding hydrogens is 234 g/mol. The van der Waals surface area contributed by atoms with Crippen molar-refractivity contribution in [1.29, 1.82) is 0 Å². The summed E-state index contributed by atoms with van der Waals surface area (Å²) >= 11 is 0. The summed E-state index contributed by atoms with van der Waals surface area (Å²) < 4.78 is 23.1. The molecule has 17 heavy (non-hydrogen) atoms. The van der Waals surface area contributed by atoms with Crippen molar-refractivity contribution in [3.8, 4) is 0 Å². The van der Waals surface area contributed by atoms with Crippen LogP contribution < -0.4 is 5.32 Å². The van der Waals surface area contributed by atoms with Gasteiger partial charge in [-0.25, -0.2) is 8.42 Å². The van der Waals surface area contributed by atoms with E-state index in [4.69, 9.17) is 0 Å². The van der Waals surface area contributed by atoms with Crippen LogP contribution in [0.25, 0.3) is 0 Å². The fourth-order valence-corrected chi connectivity index (χ4v) is 2.86. The van der Waals surface area contributed by atoms with Crippen molar-refractivity contribution in [2.45, 2.75) is 70.6 Å². The van der Waals surface area contributed by atoms with E-state index in [2.05, 4.69) is 12.2 Å². The van der Waals surface area contributed by atoms with Crippen LogP contribution in [0, 0.1) is 0 Å². The Kier molecular flexibility index (Phi) is 8.88. The first-order valence-electron chi connectivity index (χ1n) is 6.85. The number of nitrogens with one attached hydrogen (secondary N) is 1. The van der Waals surface area contributed by atoms with Gasteiger partial charge in [-0.05, 0) is 19.9 Å². The topological polar surface area (TPSA) is 46.2 Å². The summed E-state index contributed by atoms with van der Waals surface area (Å²) in [4.78, 5) is 0. The van der Waals surface area contributed by atoms with Gasteiger partial charge in [0.25, 0.3) is 0 Å². The van der Waals surface area contributed by atoms with Crippen LogP contribution in [-0.4, -0.2) is 32.5 Å². The van der Waals surface area contributed by atoms with E-state index in [0.29, 0.717) is 0 Å². The van der Waals surface area contributed by atoms with Gasteiger partial charge in [-0.3, -0.25) is 0 Å². The lowest BCUT2D eigenvalue weighted by Gasteiger charge is -2.23. The molecule has 2 atom stereocenters. The summed E-state index contributed by atoms with van der Waals surface area (Å²) in [6, 6.07) is 0.108. The predicted octanol–water partition coefficient (Wildman–Crippen LogP) is 2.76. The Balaban J connectivity index is 4.07. The van der Waals surface area contributed by atoms with Gasteiger partial charge in [0.15, 0.2) is 9.84 Å². The lowest BCUT2D eigenvalue weighted by atomic mass is 10.0. The molecule has 2 unspecified atom stereocenters. The van der Waals surface area contributed by atoms with Gasteiger partial charge in [0.1, 0.15) is 0 Å². The Labute approximate surface area is 107 Å². The maximum Gasteiger partial charge on any atom is 0.151 e. The molecule has 0 spiro atoms. The van der Waals surface area contributed by atoms with Gasteiger partial charge in [-0.1, -0.05) is 46.0 Å². The highest BCUT2D eigenvalue weighted by molar-refractivity contribution is 7.91. The van der Waals surface area contributed by atoms with E-state index in [0.717, 1.165) is 19.4 Å². The van der Waals surface area contributed by atoms with Gasteiger partial charge in [0.2, 0.25) is 0 Å². The van der Waals surface area contributed by atoms with Gasteiger partial charge in [-0.15, -0.1) is 0 Å². The third-order valence-corrected chi connectivity index (χ3v) is 5.01. The number of hydrogen-bond donors (Lipinski definition) is 1. The van der Waals surface area contributed by atoms with Crippen molar-refractivity contribution in [3.05, 3.63) is 0 Å². The van der Waals surface area contributed by atoms with Gasteiger partial charge in [0, 0.05) is 12.3 Å². The quantitative estimate of drug-likeness (QED) is 0.616. The van der Waals surface area contributed by atoms with Crippen molar-refractivity contribution in [3.63, 3.8) is 0 Å². The van der Waals surface area contributed by atoms with Crippen LogP contribution in [0.1, 0.15) is 59.3 Å². The zero-order chi connectivity index (χ0) is 13.3. The summed E-state index contributed by atoms with van der Waals surface area (Å²) in [5, 5.41) is 3.02. The smallest absolute Gasteiger partial charge is 0.151 e. The maximum atomic E-state index is 11.5. The molecule has 0 saturated carbocycles. The second kappa shape index (κ2) is 8.92. The molecule has 0 aromatic rings. The minimum Gasteiger partial charge on any atom is -0.313 e. The van der Waals surface area contributed by atoms with Gasteiger partial charge in [0.05, 0.1) is 5.25 Å². The highest BCUT2D eigenvalue weighted by atomic mass is 32.2. The lowest BCUT2D eigenvalue weighted by Crippen LogP contribution is -2.42. The first kappa shape index (κ1) is 16.9. The van der Waals surface area contributed by atoms with E-state index in [1.807, 2.05) is 13.8 Å². The largest absolute Gasteiger partial charge is 0.313 e. The average molecular weight is 263 g/mol. The molecule has 0 amide bonds. The van der Waals surface area contributed by atoms with E-state index in [1.54, 1.807) is 0 Å². The molecule has 104 valence electrons. The van der Waals surface area contributed by atoms with E-state index in [1.165, 1.54) is 31.9 Å². The van der Waals surface area contributed by atoms with E-state index >= 15 is 0 Å². The molecule has 0 aliphatic carbocycles. The van der Waals surface area contributed by atoms with Crippen molar-refractivity contribution >= 4 is 9.84 Å². The molecule has 0 fully saturated rings. The second-order valence-electron chi connectivity index (χ2n) is 4.90. The maximum absolute atomic E-state index is 11.5. The lowest BCUT2D eigenvalue weighted by molar-refractivity contribution is 0.447. The highest BCUT2D eigenvalue weighted by Crippen LogP contribution is 2.13. The fraction of sp³-hybridized carbons (Fsp3) is 1.00. The summed E-state index contributed by atoms with van der Waals surface area (Å²) in [5.41, 5.74) is 0. The number of unbranched alkanes of at least 4 members (excludes halogenated alkanes) is 4. The molecule has 0 aliphatic rings. The summed E-state index contributed by atoms with van der Waals surface area (Å²) in [7, 11) is -2.93. The standard InChI is InChI=1S/C13H29NO2S/c1-5-7-8-9-10-11-13(14-6-2)12(3)17(4,15)16/h12-14H,5-11H2,1-4H3. The molecule has 0 heterocycles.